The number of hydrogen-bond donors (Lipinski definition) is 0. The Hall–Kier alpha value is -2.18. The van der Waals surface area contributed by atoms with E-state index in [1.807, 2.05) is 6.92 Å². The van der Waals surface area contributed by atoms with Crippen molar-refractivity contribution in [2.75, 3.05) is 19.0 Å². The van der Waals surface area contributed by atoms with E-state index in [1.54, 1.807) is 12.1 Å². The van der Waals surface area contributed by atoms with Crippen LogP contribution in [0.5, 0.6) is 11.5 Å². The van der Waals surface area contributed by atoms with Gasteiger partial charge in [-0.2, -0.15) is 4.79 Å². The zero-order valence-electron chi connectivity index (χ0n) is 17.1. The second-order valence-electron chi connectivity index (χ2n) is 7.26. The molecule has 0 saturated heterocycles. The molecule has 0 aliphatic carbocycles. The fraction of sp³-hybridized carbons (Fsp3) is 0.600. The van der Waals surface area contributed by atoms with E-state index in [0.717, 1.165) is 31.9 Å². The summed E-state index contributed by atoms with van der Waals surface area (Å²) < 4.78 is 37.4. The van der Waals surface area contributed by atoms with Crippen LogP contribution in [0.25, 0.3) is 5.53 Å². The van der Waals surface area contributed by atoms with E-state index < -0.39 is 26.8 Å². The number of ketones is 1. The van der Waals surface area contributed by atoms with Crippen molar-refractivity contribution < 1.29 is 27.5 Å². The summed E-state index contributed by atoms with van der Waals surface area (Å²) in [5, 5.41) is 0. The van der Waals surface area contributed by atoms with Crippen LogP contribution < -0.4 is 9.47 Å². The summed E-state index contributed by atoms with van der Waals surface area (Å²) in [5.74, 6) is -0.250. The van der Waals surface area contributed by atoms with Gasteiger partial charge in [-0.05, 0) is 25.0 Å². The van der Waals surface area contributed by atoms with Crippen LogP contribution in [0.3, 0.4) is 0 Å². The van der Waals surface area contributed by atoms with Crippen molar-refractivity contribution in [2.24, 2.45) is 5.41 Å². The summed E-state index contributed by atoms with van der Waals surface area (Å²) >= 11 is 0. The number of benzene rings is 1. The molecule has 0 saturated carbocycles. The highest BCUT2D eigenvalue weighted by Gasteiger charge is 2.36. The van der Waals surface area contributed by atoms with Gasteiger partial charge in [0.2, 0.25) is 5.78 Å². The standard InChI is InChI=1S/C20H30N2O5S/c1-5-7-11-26-16-9-10-18(17(13-16)27-12-8-6-2)28(24,25)15-20(3,4)19(23)14-22-21/h9-10,13-14H,5-8,11-12,15H2,1-4H3. The van der Waals surface area contributed by atoms with Crippen molar-refractivity contribution in [3.8, 4) is 11.5 Å². The molecule has 7 nitrogen and oxygen atoms in total. The lowest BCUT2D eigenvalue weighted by atomic mass is 9.91. The van der Waals surface area contributed by atoms with Crippen LogP contribution in [0.4, 0.5) is 0 Å². The highest BCUT2D eigenvalue weighted by molar-refractivity contribution is 7.91. The van der Waals surface area contributed by atoms with Crippen LogP contribution >= 0.6 is 0 Å². The summed E-state index contributed by atoms with van der Waals surface area (Å²) in [4.78, 5) is 14.8. The van der Waals surface area contributed by atoms with Gasteiger partial charge in [0.05, 0.1) is 19.0 Å². The number of hydrogen-bond acceptors (Lipinski definition) is 5. The Morgan fingerprint density at radius 1 is 1.14 bits per heavy atom. The lowest BCUT2D eigenvalue weighted by molar-refractivity contribution is -0.122. The van der Waals surface area contributed by atoms with E-state index in [4.69, 9.17) is 15.0 Å². The first kappa shape index (κ1) is 23.9. The highest BCUT2D eigenvalue weighted by atomic mass is 32.2. The van der Waals surface area contributed by atoms with E-state index >= 15 is 0 Å². The van der Waals surface area contributed by atoms with Gasteiger partial charge >= 0.3 is 6.21 Å². The minimum absolute atomic E-state index is 0.0215. The molecule has 0 N–H and O–H groups in total. The van der Waals surface area contributed by atoms with Crippen LogP contribution in [0.1, 0.15) is 53.4 Å². The molecule has 1 aromatic rings. The molecule has 0 fully saturated rings. The Morgan fingerprint density at radius 2 is 1.75 bits per heavy atom. The van der Waals surface area contributed by atoms with Crippen molar-refractivity contribution in [1.82, 2.24) is 0 Å². The fourth-order valence-corrected chi connectivity index (χ4v) is 4.41. The van der Waals surface area contributed by atoms with E-state index in [1.165, 1.54) is 19.9 Å². The quantitative estimate of drug-likeness (QED) is 0.213. The molecule has 0 atom stereocenters. The molecule has 0 bridgehead atoms. The van der Waals surface area contributed by atoms with Crippen molar-refractivity contribution in [3.05, 3.63) is 23.7 Å². The third-order valence-electron chi connectivity index (χ3n) is 4.17. The zero-order chi connectivity index (χ0) is 21.2. The van der Waals surface area contributed by atoms with Crippen LogP contribution in [0, 0.1) is 5.41 Å². The average molecular weight is 411 g/mol. The number of Topliss-reactive ketones (excluding diaryl/α,β-unsaturated/α-hetero) is 1. The van der Waals surface area contributed by atoms with E-state index in [2.05, 4.69) is 11.7 Å². The SMILES string of the molecule is CCCCOc1ccc(S(=O)(=O)CC(C)(C)C(=O)C=[N+]=[N-])c(OCCCC)c1. The Kier molecular flexibility index (Phi) is 9.35. The molecule has 0 aliphatic heterocycles. The Morgan fingerprint density at radius 3 is 2.32 bits per heavy atom. The van der Waals surface area contributed by atoms with Gasteiger partial charge < -0.3 is 15.0 Å². The minimum atomic E-state index is -3.84. The molecule has 8 heteroatoms. The average Bonchev–Trinajstić information content (AvgIpc) is 2.61. The van der Waals surface area contributed by atoms with E-state index in [-0.39, 0.29) is 10.6 Å². The Labute approximate surface area is 167 Å². The van der Waals surface area contributed by atoms with Crippen LogP contribution in [-0.2, 0) is 14.6 Å². The van der Waals surface area contributed by atoms with Gasteiger partial charge in [0.15, 0.2) is 9.84 Å². The highest BCUT2D eigenvalue weighted by Crippen LogP contribution is 2.33. The lowest BCUT2D eigenvalue weighted by Gasteiger charge is -2.20. The molecule has 0 amide bonds. The van der Waals surface area contributed by atoms with Crippen molar-refractivity contribution in [3.63, 3.8) is 0 Å². The van der Waals surface area contributed by atoms with Crippen LogP contribution in [0.2, 0.25) is 0 Å². The molecule has 0 heterocycles. The molecule has 0 aromatic heterocycles. The smallest absolute Gasteiger partial charge is 0.323 e. The predicted molar refractivity (Wildman–Crippen MR) is 108 cm³/mol. The lowest BCUT2D eigenvalue weighted by Crippen LogP contribution is -2.33. The van der Waals surface area contributed by atoms with Gasteiger partial charge in [-0.15, -0.1) is 0 Å². The van der Waals surface area contributed by atoms with Gasteiger partial charge in [0, 0.05) is 11.5 Å². The molecular weight excluding hydrogens is 380 g/mol. The van der Waals surface area contributed by atoms with Gasteiger partial charge in [-0.3, -0.25) is 4.79 Å². The van der Waals surface area contributed by atoms with Crippen LogP contribution in [-0.4, -0.2) is 44.2 Å². The number of carbonyl (C=O) groups excluding carboxylic acids is 1. The first-order valence-corrected chi connectivity index (χ1v) is 11.2. The molecule has 1 aromatic carbocycles. The van der Waals surface area contributed by atoms with E-state index in [9.17, 15) is 13.2 Å². The van der Waals surface area contributed by atoms with Gasteiger partial charge in [-0.1, -0.05) is 40.5 Å². The fourth-order valence-electron chi connectivity index (χ4n) is 2.46. The molecule has 0 spiro atoms. The second kappa shape index (κ2) is 11.0. The topological polar surface area (TPSA) is 106 Å². The van der Waals surface area contributed by atoms with Crippen LogP contribution in [0.15, 0.2) is 23.1 Å². The number of nitrogens with zero attached hydrogens (tertiary/aromatic N) is 2. The second-order valence-corrected chi connectivity index (χ2v) is 9.22. The summed E-state index contributed by atoms with van der Waals surface area (Å²) in [6.45, 7) is 7.99. The third-order valence-corrected chi connectivity index (χ3v) is 6.27. The summed E-state index contributed by atoms with van der Waals surface area (Å²) in [7, 11) is -3.84. The third kappa shape index (κ3) is 7.09. The number of rotatable bonds is 13. The summed E-state index contributed by atoms with van der Waals surface area (Å²) in [6, 6.07) is 4.64. The van der Waals surface area contributed by atoms with Crippen molar-refractivity contribution >= 4 is 21.8 Å². The minimum Gasteiger partial charge on any atom is -0.493 e. The van der Waals surface area contributed by atoms with E-state index in [0.29, 0.717) is 19.0 Å². The molecule has 0 unspecified atom stereocenters. The van der Waals surface area contributed by atoms with Gasteiger partial charge in [-0.25, -0.2) is 8.42 Å². The monoisotopic (exact) mass is 410 g/mol. The zero-order valence-corrected chi connectivity index (χ0v) is 17.9. The molecule has 1 rings (SSSR count). The number of unbranched alkanes of at least 4 members (excludes halogenated alkanes) is 2. The number of carbonyl (C=O) groups is 1. The van der Waals surface area contributed by atoms with Crippen molar-refractivity contribution in [2.45, 2.75) is 58.3 Å². The maximum Gasteiger partial charge on any atom is 0.323 e. The summed E-state index contributed by atoms with van der Waals surface area (Å²) in [6.07, 6.45) is 4.31. The number of ether oxygens (including phenoxy) is 2. The Balaban J connectivity index is 3.19. The van der Waals surface area contributed by atoms with Crippen molar-refractivity contribution in [1.29, 1.82) is 0 Å². The normalized spacial score (nSPS) is 11.6. The predicted octanol–water partition coefficient (Wildman–Crippen LogP) is 3.71. The Bertz CT molecular complexity index is 812. The van der Waals surface area contributed by atoms with Gasteiger partial charge in [0.1, 0.15) is 16.4 Å². The molecule has 0 radical (unpaired) electrons. The maximum absolute atomic E-state index is 13.0. The molecule has 28 heavy (non-hydrogen) atoms. The summed E-state index contributed by atoms with van der Waals surface area (Å²) in [5.41, 5.74) is 7.32. The maximum atomic E-state index is 13.0. The van der Waals surface area contributed by atoms with Gasteiger partial charge in [0.25, 0.3) is 0 Å². The number of sulfone groups is 1. The molecular formula is C20H30N2O5S. The first-order chi connectivity index (χ1) is 13.2. The first-order valence-electron chi connectivity index (χ1n) is 9.52. The molecule has 156 valence electrons. The largest absolute Gasteiger partial charge is 0.493 e. The molecule has 0 aliphatic rings.